The van der Waals surface area contributed by atoms with Crippen LogP contribution in [0.15, 0.2) is 30.5 Å². The molecule has 6 nitrogen and oxygen atoms in total. The molecule has 0 saturated carbocycles. The average molecular weight is 300 g/mol. The highest BCUT2D eigenvalue weighted by molar-refractivity contribution is 6.08. The minimum Gasteiger partial charge on any atom is -0.490 e. The molecule has 0 atom stereocenters. The summed E-state index contributed by atoms with van der Waals surface area (Å²) in [5, 5.41) is 11.3. The fraction of sp³-hybridized carbons (Fsp3) is 0.250. The first-order valence-corrected chi connectivity index (χ1v) is 6.90. The van der Waals surface area contributed by atoms with Gasteiger partial charge in [0, 0.05) is 49.3 Å². The summed E-state index contributed by atoms with van der Waals surface area (Å²) in [6.45, 7) is 0.921. The first-order chi connectivity index (χ1) is 10.7. The number of nitrogens with zero attached hydrogens (tertiary/aromatic N) is 1. The second-order valence-electron chi connectivity index (χ2n) is 4.66. The van der Waals surface area contributed by atoms with Crippen molar-refractivity contribution < 1.29 is 9.47 Å². The summed E-state index contributed by atoms with van der Waals surface area (Å²) in [5.74, 6) is 0.674. The van der Waals surface area contributed by atoms with Crippen LogP contribution in [0.1, 0.15) is 5.69 Å². The molecule has 0 aliphatic carbocycles. The molecular weight excluding hydrogens is 280 g/mol. The van der Waals surface area contributed by atoms with E-state index >= 15 is 0 Å². The molecule has 0 bridgehead atoms. The molecule has 6 heteroatoms. The number of allylic oxidation sites excluding steroid dienone is 1. The van der Waals surface area contributed by atoms with Crippen molar-refractivity contribution >= 4 is 28.4 Å². The molecule has 116 valence electrons. The van der Waals surface area contributed by atoms with E-state index in [0.29, 0.717) is 35.9 Å². The molecule has 22 heavy (non-hydrogen) atoms. The van der Waals surface area contributed by atoms with E-state index in [1.807, 2.05) is 18.2 Å². The van der Waals surface area contributed by atoms with Crippen LogP contribution in [0.5, 0.6) is 5.75 Å². The number of ether oxygens (including phenoxy) is 2. The number of anilines is 1. The monoisotopic (exact) mass is 300 g/mol. The van der Waals surface area contributed by atoms with Crippen LogP contribution in [0.25, 0.3) is 16.5 Å². The first kappa shape index (κ1) is 15.8. The maximum absolute atomic E-state index is 7.53. The summed E-state index contributed by atoms with van der Waals surface area (Å²) in [5.41, 5.74) is 8.60. The maximum atomic E-state index is 7.53. The number of nitrogens with two attached hydrogens (primary N) is 1. The van der Waals surface area contributed by atoms with E-state index in [1.54, 1.807) is 26.4 Å². The Morgan fingerprint density at radius 2 is 2.18 bits per heavy atom. The molecular formula is C16H20N4O2. The molecule has 0 unspecified atom stereocenters. The highest BCUT2D eigenvalue weighted by Crippen LogP contribution is 2.29. The first-order valence-electron chi connectivity index (χ1n) is 6.90. The third-order valence-electron chi connectivity index (χ3n) is 3.09. The molecule has 1 aromatic heterocycles. The van der Waals surface area contributed by atoms with Gasteiger partial charge in [-0.1, -0.05) is 0 Å². The number of benzene rings is 1. The summed E-state index contributed by atoms with van der Waals surface area (Å²) >= 11 is 0. The summed E-state index contributed by atoms with van der Waals surface area (Å²) in [4.78, 5) is 4.57. The second-order valence-corrected chi connectivity index (χ2v) is 4.66. The van der Waals surface area contributed by atoms with Crippen molar-refractivity contribution in [2.45, 2.75) is 0 Å². The number of hydrogen-bond donors (Lipinski definition) is 3. The Labute approximate surface area is 129 Å². The lowest BCUT2D eigenvalue weighted by molar-refractivity contribution is 0.147. The lowest BCUT2D eigenvalue weighted by Crippen LogP contribution is -2.06. The van der Waals surface area contributed by atoms with Gasteiger partial charge in [-0.2, -0.15) is 0 Å². The zero-order valence-corrected chi connectivity index (χ0v) is 12.7. The number of rotatable bonds is 7. The number of nitrogens with one attached hydrogen (secondary N) is 2. The van der Waals surface area contributed by atoms with Crippen molar-refractivity contribution in [2.75, 3.05) is 33.1 Å². The van der Waals surface area contributed by atoms with Crippen molar-refractivity contribution in [1.82, 2.24) is 10.3 Å². The van der Waals surface area contributed by atoms with Crippen molar-refractivity contribution in [3.05, 3.63) is 36.2 Å². The predicted octanol–water partition coefficient (Wildman–Crippen LogP) is 2.05. The van der Waals surface area contributed by atoms with Gasteiger partial charge in [0.2, 0.25) is 0 Å². The van der Waals surface area contributed by atoms with Crippen molar-refractivity contribution in [3.8, 4) is 5.75 Å². The third-order valence-corrected chi connectivity index (χ3v) is 3.09. The lowest BCUT2D eigenvalue weighted by atomic mass is 10.1. The molecule has 0 fully saturated rings. The minimum atomic E-state index is 0.430. The molecule has 0 saturated heterocycles. The highest BCUT2D eigenvalue weighted by atomic mass is 16.5. The summed E-state index contributed by atoms with van der Waals surface area (Å²) in [6, 6.07) is 7.29. The SMILES string of the molecule is CN/C=C(\C=N)c1cc(OCCOC)c2cc(N)ccc2n1. The van der Waals surface area contributed by atoms with Gasteiger partial charge in [-0.05, 0) is 18.2 Å². The second kappa shape index (κ2) is 7.42. The molecule has 0 aliphatic rings. The van der Waals surface area contributed by atoms with Crippen LogP contribution < -0.4 is 15.8 Å². The topological polar surface area (TPSA) is 93.2 Å². The molecule has 1 heterocycles. The normalized spacial score (nSPS) is 11.5. The summed E-state index contributed by atoms with van der Waals surface area (Å²) in [7, 11) is 3.40. The zero-order valence-electron chi connectivity index (χ0n) is 12.7. The third kappa shape index (κ3) is 3.53. The van der Waals surface area contributed by atoms with Gasteiger partial charge < -0.3 is 25.9 Å². The Bertz CT molecular complexity index is 698. The van der Waals surface area contributed by atoms with Crippen LogP contribution in [0, 0.1) is 5.41 Å². The molecule has 0 spiro atoms. The van der Waals surface area contributed by atoms with E-state index in [0.717, 1.165) is 10.9 Å². The fourth-order valence-electron chi connectivity index (χ4n) is 2.06. The van der Waals surface area contributed by atoms with Gasteiger partial charge in [-0.25, -0.2) is 4.98 Å². The van der Waals surface area contributed by atoms with E-state index in [4.69, 9.17) is 20.6 Å². The zero-order chi connectivity index (χ0) is 15.9. The van der Waals surface area contributed by atoms with Gasteiger partial charge in [0.1, 0.15) is 12.4 Å². The van der Waals surface area contributed by atoms with Crippen LogP contribution in [-0.4, -0.2) is 38.6 Å². The van der Waals surface area contributed by atoms with Crippen molar-refractivity contribution in [3.63, 3.8) is 0 Å². The highest BCUT2D eigenvalue weighted by Gasteiger charge is 2.10. The van der Waals surface area contributed by atoms with Gasteiger partial charge in [0.05, 0.1) is 17.8 Å². The van der Waals surface area contributed by atoms with Crippen LogP contribution >= 0.6 is 0 Å². The average Bonchev–Trinajstić information content (AvgIpc) is 2.53. The maximum Gasteiger partial charge on any atom is 0.131 e. The Morgan fingerprint density at radius 1 is 1.36 bits per heavy atom. The standard InChI is InChI=1S/C16H20N4O2/c1-19-10-11(9-17)15-8-16(22-6-5-21-2)13-7-12(18)3-4-14(13)20-15/h3-4,7-10,17,19H,5-6,18H2,1-2H3/b11-10+,17-9?. The Balaban J connectivity index is 2.53. The number of hydrogen-bond acceptors (Lipinski definition) is 6. The molecule has 0 amide bonds. The summed E-state index contributed by atoms with van der Waals surface area (Å²) in [6.07, 6.45) is 2.97. The lowest BCUT2D eigenvalue weighted by Gasteiger charge is -2.12. The number of methoxy groups -OCH3 is 1. The quantitative estimate of drug-likeness (QED) is 0.413. The van der Waals surface area contributed by atoms with E-state index in [9.17, 15) is 0 Å². The van der Waals surface area contributed by atoms with Crippen molar-refractivity contribution in [1.29, 1.82) is 5.41 Å². The summed E-state index contributed by atoms with van der Waals surface area (Å²) < 4.78 is 10.8. The number of fused-ring (bicyclic) bond motifs is 1. The number of pyridine rings is 1. The molecule has 1 aromatic carbocycles. The Hall–Kier alpha value is -2.60. The molecule has 0 aliphatic heterocycles. The van der Waals surface area contributed by atoms with Crippen LogP contribution in [-0.2, 0) is 4.74 Å². The Morgan fingerprint density at radius 3 is 2.86 bits per heavy atom. The molecule has 0 radical (unpaired) electrons. The van der Waals surface area contributed by atoms with E-state index in [1.165, 1.54) is 6.21 Å². The Kier molecular flexibility index (Phi) is 5.32. The molecule has 4 N–H and O–H groups in total. The van der Waals surface area contributed by atoms with Gasteiger partial charge in [0.25, 0.3) is 0 Å². The van der Waals surface area contributed by atoms with Crippen LogP contribution in [0.4, 0.5) is 5.69 Å². The predicted molar refractivity (Wildman–Crippen MR) is 89.3 cm³/mol. The smallest absolute Gasteiger partial charge is 0.131 e. The van der Waals surface area contributed by atoms with Gasteiger partial charge in [-0.15, -0.1) is 0 Å². The van der Waals surface area contributed by atoms with Crippen molar-refractivity contribution in [2.24, 2.45) is 0 Å². The number of nitrogen functional groups attached to an aromatic ring is 1. The largest absolute Gasteiger partial charge is 0.490 e. The van der Waals surface area contributed by atoms with E-state index < -0.39 is 0 Å². The molecule has 2 rings (SSSR count). The van der Waals surface area contributed by atoms with Gasteiger partial charge in [-0.3, -0.25) is 0 Å². The number of aromatic nitrogens is 1. The molecule has 2 aromatic rings. The van der Waals surface area contributed by atoms with Gasteiger partial charge >= 0.3 is 0 Å². The van der Waals surface area contributed by atoms with E-state index in [-0.39, 0.29) is 0 Å². The van der Waals surface area contributed by atoms with Gasteiger partial charge in [0.15, 0.2) is 0 Å². The van der Waals surface area contributed by atoms with E-state index in [2.05, 4.69) is 10.3 Å². The van der Waals surface area contributed by atoms with Crippen LogP contribution in [0.2, 0.25) is 0 Å². The minimum absolute atomic E-state index is 0.430. The van der Waals surface area contributed by atoms with Crippen LogP contribution in [0.3, 0.4) is 0 Å². The fourth-order valence-corrected chi connectivity index (χ4v) is 2.06.